The highest BCUT2D eigenvalue weighted by molar-refractivity contribution is 7.99. The van der Waals surface area contributed by atoms with Crippen LogP contribution in [-0.2, 0) is 0 Å². The van der Waals surface area contributed by atoms with Crippen LogP contribution >= 0.6 is 11.8 Å². The molecule has 0 amide bonds. The maximum Gasteiger partial charge on any atom is 0.130 e. The van der Waals surface area contributed by atoms with E-state index in [1.807, 2.05) is 18.2 Å². The fourth-order valence-electron chi connectivity index (χ4n) is 2.00. The van der Waals surface area contributed by atoms with E-state index in [0.717, 1.165) is 6.07 Å². The lowest BCUT2D eigenvalue weighted by Gasteiger charge is -2.17. The van der Waals surface area contributed by atoms with Crippen LogP contribution in [0.3, 0.4) is 0 Å². The van der Waals surface area contributed by atoms with Gasteiger partial charge in [0.05, 0.1) is 0 Å². The molecule has 0 fully saturated rings. The topological polar surface area (TPSA) is 12.0 Å². The monoisotopic (exact) mass is 293 g/mol. The largest absolute Gasteiger partial charge is 0.312 e. The van der Waals surface area contributed by atoms with Crippen LogP contribution in [-0.4, -0.2) is 12.8 Å². The average Bonchev–Trinajstić information content (AvgIpc) is 2.43. The van der Waals surface area contributed by atoms with Crippen molar-refractivity contribution in [3.63, 3.8) is 0 Å². The molecule has 0 aliphatic rings. The van der Waals surface area contributed by atoms with E-state index in [2.05, 4.69) is 18.3 Å². The van der Waals surface area contributed by atoms with Gasteiger partial charge in [0.2, 0.25) is 0 Å². The lowest BCUT2D eigenvalue weighted by molar-refractivity contribution is 0.545. The zero-order valence-electron chi connectivity index (χ0n) is 11.5. The van der Waals surface area contributed by atoms with Gasteiger partial charge in [-0.3, -0.25) is 0 Å². The predicted octanol–water partition coefficient (Wildman–Crippen LogP) is 4.33. The Kier molecular flexibility index (Phi) is 5.15. The zero-order chi connectivity index (χ0) is 14.5. The van der Waals surface area contributed by atoms with Gasteiger partial charge in [0.15, 0.2) is 0 Å². The van der Waals surface area contributed by atoms with Crippen molar-refractivity contribution < 1.29 is 8.78 Å². The summed E-state index contributed by atoms with van der Waals surface area (Å²) in [5.41, 5.74) is 1.70. The normalized spacial score (nSPS) is 12.4. The molecule has 1 unspecified atom stereocenters. The maximum absolute atomic E-state index is 13.8. The fourth-order valence-corrected chi connectivity index (χ4v) is 3.17. The van der Waals surface area contributed by atoms with E-state index in [1.165, 1.54) is 22.6 Å². The van der Waals surface area contributed by atoms with E-state index < -0.39 is 11.6 Å². The molecule has 20 heavy (non-hydrogen) atoms. The van der Waals surface area contributed by atoms with Crippen molar-refractivity contribution >= 4 is 11.8 Å². The first-order valence-corrected chi connectivity index (χ1v) is 7.41. The molecule has 1 nitrogen and oxygen atoms in total. The first kappa shape index (κ1) is 15.0. The van der Waals surface area contributed by atoms with Gasteiger partial charge >= 0.3 is 0 Å². The molecular weight excluding hydrogens is 276 g/mol. The molecule has 0 radical (unpaired) electrons. The van der Waals surface area contributed by atoms with E-state index in [0.29, 0.717) is 11.3 Å². The second-order valence-corrected chi connectivity index (χ2v) is 5.65. The summed E-state index contributed by atoms with van der Waals surface area (Å²) in [7, 11) is 1.78. The van der Waals surface area contributed by atoms with E-state index >= 15 is 0 Å². The van der Waals surface area contributed by atoms with Gasteiger partial charge in [0.1, 0.15) is 11.6 Å². The number of rotatable bonds is 5. The van der Waals surface area contributed by atoms with E-state index in [-0.39, 0.29) is 6.04 Å². The van der Waals surface area contributed by atoms with E-state index in [4.69, 9.17) is 0 Å². The van der Waals surface area contributed by atoms with E-state index in [9.17, 15) is 8.78 Å². The van der Waals surface area contributed by atoms with Crippen molar-refractivity contribution in [3.05, 3.63) is 65.2 Å². The SMILES string of the molecule is CNC(CSc1ccccc1C)c1ccc(F)cc1F. The summed E-state index contributed by atoms with van der Waals surface area (Å²) in [5, 5.41) is 3.09. The van der Waals surface area contributed by atoms with Crippen LogP contribution in [0.1, 0.15) is 17.2 Å². The number of hydrogen-bond donors (Lipinski definition) is 1. The Hall–Kier alpha value is -1.39. The van der Waals surface area contributed by atoms with Crippen molar-refractivity contribution in [2.24, 2.45) is 0 Å². The molecule has 2 aromatic rings. The predicted molar refractivity (Wildman–Crippen MR) is 80.1 cm³/mol. The summed E-state index contributed by atoms with van der Waals surface area (Å²) in [4.78, 5) is 1.18. The number of halogens is 2. The molecule has 0 aliphatic carbocycles. The van der Waals surface area contributed by atoms with Crippen molar-refractivity contribution in [1.82, 2.24) is 5.32 Å². The number of thioether (sulfide) groups is 1. The third-order valence-corrected chi connectivity index (χ3v) is 4.45. The number of benzene rings is 2. The summed E-state index contributed by atoms with van der Waals surface area (Å²) >= 11 is 1.66. The Morgan fingerprint density at radius 1 is 1.15 bits per heavy atom. The van der Waals surface area contributed by atoms with Crippen molar-refractivity contribution in [2.45, 2.75) is 17.9 Å². The lowest BCUT2D eigenvalue weighted by atomic mass is 10.1. The van der Waals surface area contributed by atoms with Gasteiger partial charge in [0.25, 0.3) is 0 Å². The number of nitrogens with one attached hydrogen (secondary N) is 1. The highest BCUT2D eigenvalue weighted by atomic mass is 32.2. The van der Waals surface area contributed by atoms with Crippen LogP contribution in [0.5, 0.6) is 0 Å². The van der Waals surface area contributed by atoms with Crippen molar-refractivity contribution in [3.8, 4) is 0 Å². The molecule has 106 valence electrons. The van der Waals surface area contributed by atoms with Crippen molar-refractivity contribution in [1.29, 1.82) is 0 Å². The van der Waals surface area contributed by atoms with Crippen LogP contribution in [0.4, 0.5) is 8.78 Å². The first-order chi connectivity index (χ1) is 9.61. The summed E-state index contributed by atoms with van der Waals surface area (Å²) < 4.78 is 26.8. The van der Waals surface area contributed by atoms with Crippen LogP contribution < -0.4 is 5.32 Å². The smallest absolute Gasteiger partial charge is 0.130 e. The van der Waals surface area contributed by atoms with Gasteiger partial charge in [-0.15, -0.1) is 11.8 Å². The molecule has 0 aliphatic heterocycles. The summed E-state index contributed by atoms with van der Waals surface area (Å²) in [5.74, 6) is -0.369. The third-order valence-electron chi connectivity index (χ3n) is 3.19. The molecule has 1 atom stereocenters. The second kappa shape index (κ2) is 6.86. The molecule has 4 heteroatoms. The first-order valence-electron chi connectivity index (χ1n) is 6.42. The van der Waals surface area contributed by atoms with Crippen molar-refractivity contribution in [2.75, 3.05) is 12.8 Å². The fraction of sp³-hybridized carbons (Fsp3) is 0.250. The molecule has 0 bridgehead atoms. The summed E-state index contributed by atoms with van der Waals surface area (Å²) in [6.07, 6.45) is 0. The molecular formula is C16H17F2NS. The van der Waals surface area contributed by atoms with Gasteiger partial charge in [-0.2, -0.15) is 0 Å². The molecule has 1 N–H and O–H groups in total. The quantitative estimate of drug-likeness (QED) is 0.824. The number of hydrogen-bond acceptors (Lipinski definition) is 2. The molecule has 0 spiro atoms. The summed E-state index contributed by atoms with van der Waals surface area (Å²) in [6, 6.07) is 11.7. The van der Waals surface area contributed by atoms with Crippen LogP contribution in [0.25, 0.3) is 0 Å². The molecule has 2 rings (SSSR count). The Labute approximate surface area is 122 Å². The van der Waals surface area contributed by atoms with Crippen LogP contribution in [0.15, 0.2) is 47.4 Å². The van der Waals surface area contributed by atoms with Gasteiger partial charge < -0.3 is 5.32 Å². The Bertz CT molecular complexity index is 586. The molecule has 0 aromatic heterocycles. The molecule has 0 heterocycles. The lowest BCUT2D eigenvalue weighted by Crippen LogP contribution is -2.20. The standard InChI is InChI=1S/C16H17F2NS/c1-11-5-3-4-6-16(11)20-10-15(19-2)13-8-7-12(17)9-14(13)18/h3-9,15,19H,10H2,1-2H3. The van der Waals surface area contributed by atoms with Gasteiger partial charge in [-0.05, 0) is 31.7 Å². The molecule has 2 aromatic carbocycles. The van der Waals surface area contributed by atoms with Crippen LogP contribution in [0, 0.1) is 18.6 Å². The Morgan fingerprint density at radius 3 is 2.55 bits per heavy atom. The zero-order valence-corrected chi connectivity index (χ0v) is 12.3. The second-order valence-electron chi connectivity index (χ2n) is 4.58. The average molecular weight is 293 g/mol. The highest BCUT2D eigenvalue weighted by Crippen LogP contribution is 2.28. The van der Waals surface area contributed by atoms with E-state index in [1.54, 1.807) is 18.8 Å². The maximum atomic E-state index is 13.8. The van der Waals surface area contributed by atoms with Gasteiger partial charge in [-0.1, -0.05) is 24.3 Å². The molecule has 0 saturated heterocycles. The minimum Gasteiger partial charge on any atom is -0.312 e. The van der Waals surface area contributed by atoms with Crippen LogP contribution in [0.2, 0.25) is 0 Å². The minimum atomic E-state index is -0.548. The summed E-state index contributed by atoms with van der Waals surface area (Å²) in [6.45, 7) is 2.05. The third kappa shape index (κ3) is 3.58. The number of aryl methyl sites for hydroxylation is 1. The highest BCUT2D eigenvalue weighted by Gasteiger charge is 2.15. The Morgan fingerprint density at radius 2 is 1.90 bits per heavy atom. The minimum absolute atomic E-state index is 0.153. The van der Waals surface area contributed by atoms with Gasteiger partial charge in [0, 0.05) is 28.3 Å². The van der Waals surface area contributed by atoms with Gasteiger partial charge in [-0.25, -0.2) is 8.78 Å². The molecule has 0 saturated carbocycles. The Balaban J connectivity index is 2.11.